The van der Waals surface area contributed by atoms with Crippen molar-refractivity contribution in [3.8, 4) is 5.75 Å². The van der Waals surface area contributed by atoms with Crippen LogP contribution in [0.5, 0.6) is 5.75 Å². The maximum absolute atomic E-state index is 13.5. The fourth-order valence-corrected chi connectivity index (χ4v) is 4.01. The molecule has 3 rings (SSSR count). The lowest BCUT2D eigenvalue weighted by Gasteiger charge is -2.34. The summed E-state index contributed by atoms with van der Waals surface area (Å²) in [5, 5.41) is 18.5. The van der Waals surface area contributed by atoms with Gasteiger partial charge in [0.15, 0.2) is 6.17 Å². The van der Waals surface area contributed by atoms with Crippen molar-refractivity contribution in [1.29, 1.82) is 0 Å². The Bertz CT molecular complexity index is 980. The van der Waals surface area contributed by atoms with Crippen LogP contribution >= 0.6 is 0 Å². The van der Waals surface area contributed by atoms with Gasteiger partial charge in [0.25, 0.3) is 5.91 Å². The molecule has 1 aromatic heterocycles. The minimum atomic E-state index is -0.936. The second-order valence-electron chi connectivity index (χ2n) is 8.59. The van der Waals surface area contributed by atoms with Crippen LogP contribution in [0.3, 0.4) is 0 Å². The van der Waals surface area contributed by atoms with Gasteiger partial charge in [-0.3, -0.25) is 24.4 Å². The highest BCUT2D eigenvalue weighted by Crippen LogP contribution is 2.18. The number of aromatic nitrogens is 1. The van der Waals surface area contributed by atoms with Crippen LogP contribution in [0.2, 0.25) is 0 Å². The smallest absolute Gasteiger partial charge is 0.303 e. The number of anilines is 1. The van der Waals surface area contributed by atoms with Gasteiger partial charge in [-0.2, -0.15) is 0 Å². The summed E-state index contributed by atoms with van der Waals surface area (Å²) in [6.07, 6.45) is 5.77. The Balaban J connectivity index is 1.64. The normalized spacial score (nSPS) is 14.1. The third-order valence-corrected chi connectivity index (χ3v) is 5.86. The molecule has 1 aromatic carbocycles. The fourth-order valence-electron chi connectivity index (χ4n) is 4.01. The van der Waals surface area contributed by atoms with Crippen molar-refractivity contribution in [3.63, 3.8) is 0 Å². The van der Waals surface area contributed by atoms with Crippen LogP contribution in [-0.4, -0.2) is 70.3 Å². The fraction of sp³-hybridized carbons (Fsp3) is 0.462. The van der Waals surface area contributed by atoms with Gasteiger partial charge in [-0.25, -0.2) is 5.01 Å². The number of benzene rings is 1. The SMILES string of the molecule is CCN(C(=O)C(NC(=O)CCc1cccnc1)Nc1ccc(OCCCC(=O)O)cc1)N1CCCC1. The topological polar surface area (TPSA) is 124 Å². The van der Waals surface area contributed by atoms with Crippen LogP contribution in [0, 0.1) is 0 Å². The Kier molecular flexibility index (Phi) is 10.5. The van der Waals surface area contributed by atoms with Gasteiger partial charge >= 0.3 is 5.97 Å². The predicted octanol–water partition coefficient (Wildman–Crippen LogP) is 2.67. The van der Waals surface area contributed by atoms with Crippen molar-refractivity contribution in [2.45, 2.75) is 51.6 Å². The second kappa shape index (κ2) is 14.0. The maximum atomic E-state index is 13.5. The minimum absolute atomic E-state index is 0.0505. The number of rotatable bonds is 14. The van der Waals surface area contributed by atoms with Crippen LogP contribution in [0.25, 0.3) is 0 Å². The number of likely N-dealkylation sites (N-methyl/N-ethyl adjacent to an activating group) is 1. The molecule has 2 amide bonds. The summed E-state index contributed by atoms with van der Waals surface area (Å²) < 4.78 is 5.58. The van der Waals surface area contributed by atoms with Crippen molar-refractivity contribution in [2.75, 3.05) is 31.6 Å². The molecule has 0 saturated carbocycles. The summed E-state index contributed by atoms with van der Waals surface area (Å²) in [5.74, 6) is -0.711. The Hall–Kier alpha value is -3.66. The first kappa shape index (κ1) is 26.9. The van der Waals surface area contributed by atoms with E-state index in [1.807, 2.05) is 24.1 Å². The summed E-state index contributed by atoms with van der Waals surface area (Å²) >= 11 is 0. The van der Waals surface area contributed by atoms with Gasteiger partial charge in [0.2, 0.25) is 5.91 Å². The lowest BCUT2D eigenvalue weighted by Crippen LogP contribution is -2.57. The molecule has 1 aliphatic heterocycles. The molecule has 36 heavy (non-hydrogen) atoms. The molecule has 1 aliphatic rings. The average molecular weight is 498 g/mol. The van der Waals surface area contributed by atoms with E-state index in [0.717, 1.165) is 31.5 Å². The van der Waals surface area contributed by atoms with E-state index in [1.54, 1.807) is 41.7 Å². The largest absolute Gasteiger partial charge is 0.494 e. The number of hydrogen-bond donors (Lipinski definition) is 3. The molecular weight excluding hydrogens is 462 g/mol. The molecular formula is C26H35N5O5. The van der Waals surface area contributed by atoms with Crippen molar-refractivity contribution in [3.05, 3.63) is 54.4 Å². The third kappa shape index (κ3) is 8.53. The van der Waals surface area contributed by atoms with Crippen molar-refractivity contribution in [2.24, 2.45) is 0 Å². The number of ether oxygens (including phenoxy) is 1. The van der Waals surface area contributed by atoms with Crippen LogP contribution < -0.4 is 15.4 Å². The number of carbonyl (C=O) groups is 3. The summed E-state index contributed by atoms with van der Waals surface area (Å²) in [7, 11) is 0. The Morgan fingerprint density at radius 2 is 1.89 bits per heavy atom. The lowest BCUT2D eigenvalue weighted by atomic mass is 10.1. The summed E-state index contributed by atoms with van der Waals surface area (Å²) in [6.45, 7) is 4.36. The van der Waals surface area contributed by atoms with Gasteiger partial charge in [0.05, 0.1) is 6.61 Å². The molecule has 0 bridgehead atoms. The summed E-state index contributed by atoms with van der Waals surface area (Å²) in [6, 6.07) is 10.8. The van der Waals surface area contributed by atoms with E-state index in [-0.39, 0.29) is 24.7 Å². The van der Waals surface area contributed by atoms with Gasteiger partial charge in [-0.1, -0.05) is 6.07 Å². The van der Waals surface area contributed by atoms with Crippen molar-refractivity contribution < 1.29 is 24.2 Å². The number of hydrazine groups is 1. The highest BCUT2D eigenvalue weighted by Gasteiger charge is 2.30. The summed E-state index contributed by atoms with van der Waals surface area (Å²) in [4.78, 5) is 41.0. The minimum Gasteiger partial charge on any atom is -0.494 e. The van der Waals surface area contributed by atoms with E-state index >= 15 is 0 Å². The number of aliphatic carboxylic acids is 1. The monoisotopic (exact) mass is 497 g/mol. The summed E-state index contributed by atoms with van der Waals surface area (Å²) in [5.41, 5.74) is 1.60. The number of amides is 2. The maximum Gasteiger partial charge on any atom is 0.303 e. The molecule has 10 nitrogen and oxygen atoms in total. The lowest BCUT2D eigenvalue weighted by molar-refractivity contribution is -0.149. The third-order valence-electron chi connectivity index (χ3n) is 5.86. The van der Waals surface area contributed by atoms with Crippen LogP contribution in [0.4, 0.5) is 5.69 Å². The molecule has 1 unspecified atom stereocenters. The number of pyridine rings is 1. The van der Waals surface area contributed by atoms with Gasteiger partial charge in [-0.05, 0) is 68.5 Å². The average Bonchev–Trinajstić information content (AvgIpc) is 3.41. The first-order chi connectivity index (χ1) is 17.5. The zero-order valence-corrected chi connectivity index (χ0v) is 20.7. The number of hydrogen-bond acceptors (Lipinski definition) is 7. The van der Waals surface area contributed by atoms with Gasteiger partial charge in [-0.15, -0.1) is 0 Å². The van der Waals surface area contributed by atoms with Crippen molar-refractivity contribution in [1.82, 2.24) is 20.3 Å². The van der Waals surface area contributed by atoms with Crippen LogP contribution in [-0.2, 0) is 20.8 Å². The molecule has 1 saturated heterocycles. The highest BCUT2D eigenvalue weighted by atomic mass is 16.5. The number of nitrogens with zero attached hydrogens (tertiary/aromatic N) is 3. The molecule has 1 fully saturated rings. The van der Waals surface area contributed by atoms with Crippen LogP contribution in [0.15, 0.2) is 48.8 Å². The first-order valence-electron chi connectivity index (χ1n) is 12.4. The quantitative estimate of drug-likeness (QED) is 0.269. The number of aryl methyl sites for hydroxylation is 1. The molecule has 3 N–H and O–H groups in total. The molecule has 0 aliphatic carbocycles. The first-order valence-corrected chi connectivity index (χ1v) is 12.4. The van der Waals surface area contributed by atoms with Crippen molar-refractivity contribution >= 4 is 23.5 Å². The van der Waals surface area contributed by atoms with Gasteiger partial charge < -0.3 is 20.5 Å². The van der Waals surface area contributed by atoms with E-state index in [9.17, 15) is 14.4 Å². The molecule has 2 aromatic rings. The number of carbonyl (C=O) groups excluding carboxylic acids is 2. The molecule has 1 atom stereocenters. The van der Waals surface area contributed by atoms with E-state index in [4.69, 9.17) is 9.84 Å². The highest BCUT2D eigenvalue weighted by molar-refractivity contribution is 5.89. The predicted molar refractivity (Wildman–Crippen MR) is 135 cm³/mol. The number of carboxylic acids is 1. The zero-order chi connectivity index (χ0) is 25.8. The molecule has 10 heteroatoms. The zero-order valence-electron chi connectivity index (χ0n) is 20.7. The standard InChI is InChI=1S/C26H35N5O5/c1-2-31(30-16-3-4-17-30)26(35)25(29-23(32)14-9-20-7-5-15-27-19-20)28-21-10-12-22(13-11-21)36-18-6-8-24(33)34/h5,7,10-13,15,19,25,28H,2-4,6,8-9,14,16-18H2,1H3,(H,29,32)(H,33,34). The molecule has 0 spiro atoms. The number of carboxylic acid groups (broad SMARTS) is 1. The number of nitrogens with one attached hydrogen (secondary N) is 2. The van der Waals surface area contributed by atoms with E-state index in [0.29, 0.717) is 37.4 Å². The Morgan fingerprint density at radius 3 is 2.53 bits per heavy atom. The van der Waals surface area contributed by atoms with E-state index in [1.165, 1.54) is 0 Å². The Labute approximate surface area is 211 Å². The van der Waals surface area contributed by atoms with Gasteiger partial charge in [0, 0.05) is 50.6 Å². The Morgan fingerprint density at radius 1 is 1.14 bits per heavy atom. The molecule has 194 valence electrons. The van der Waals surface area contributed by atoms with E-state index < -0.39 is 12.1 Å². The molecule has 0 radical (unpaired) electrons. The van der Waals surface area contributed by atoms with E-state index in [2.05, 4.69) is 15.6 Å². The molecule has 2 heterocycles. The second-order valence-corrected chi connectivity index (χ2v) is 8.59. The van der Waals surface area contributed by atoms with Crippen LogP contribution in [0.1, 0.15) is 44.6 Å². The van der Waals surface area contributed by atoms with Gasteiger partial charge in [0.1, 0.15) is 5.75 Å².